The van der Waals surface area contributed by atoms with E-state index in [0.717, 1.165) is 0 Å². The smallest absolute Gasteiger partial charge is 0.339 e. The maximum Gasteiger partial charge on any atom is 0.339 e. The second-order valence-corrected chi connectivity index (χ2v) is 5.53. The van der Waals surface area contributed by atoms with Gasteiger partial charge in [-0.25, -0.2) is 9.78 Å². The second-order valence-electron chi connectivity index (χ2n) is 3.06. The molecular weight excluding hydrogens is 296 g/mol. The van der Waals surface area contributed by atoms with E-state index in [9.17, 15) is 9.00 Å². The van der Waals surface area contributed by atoms with Gasteiger partial charge in [0.05, 0.1) is 0 Å². The molecule has 0 aromatic carbocycles. The summed E-state index contributed by atoms with van der Waals surface area (Å²) in [5, 5.41) is 11.8. The first-order chi connectivity index (χ1) is 7.50. The van der Waals surface area contributed by atoms with E-state index in [1.54, 1.807) is 6.26 Å². The van der Waals surface area contributed by atoms with Crippen LogP contribution in [-0.4, -0.2) is 38.8 Å². The van der Waals surface area contributed by atoms with Crippen molar-refractivity contribution in [2.24, 2.45) is 0 Å². The summed E-state index contributed by atoms with van der Waals surface area (Å²) in [5.74, 6) is -0.299. The Morgan fingerprint density at radius 2 is 2.38 bits per heavy atom. The molecule has 1 aromatic rings. The summed E-state index contributed by atoms with van der Waals surface area (Å²) in [7, 11) is -0.908. The van der Waals surface area contributed by atoms with Crippen molar-refractivity contribution in [2.75, 3.05) is 23.9 Å². The fourth-order valence-electron chi connectivity index (χ4n) is 1.06. The van der Waals surface area contributed by atoms with Gasteiger partial charge < -0.3 is 10.4 Å². The van der Waals surface area contributed by atoms with Gasteiger partial charge in [0.25, 0.3) is 0 Å². The van der Waals surface area contributed by atoms with Gasteiger partial charge in [-0.2, -0.15) is 0 Å². The number of rotatable bonds is 5. The summed E-state index contributed by atoms with van der Waals surface area (Å²) in [6.07, 6.45) is 3.10. The first-order valence-electron chi connectivity index (χ1n) is 4.43. The summed E-state index contributed by atoms with van der Waals surface area (Å²) in [4.78, 5) is 14.9. The van der Waals surface area contributed by atoms with Crippen LogP contribution in [0.2, 0.25) is 0 Å². The van der Waals surface area contributed by atoms with Crippen LogP contribution in [-0.2, 0) is 10.8 Å². The molecule has 1 aromatic heterocycles. The zero-order chi connectivity index (χ0) is 12.1. The Bertz CT molecular complexity index is 425. The molecule has 0 aliphatic rings. The lowest BCUT2D eigenvalue weighted by molar-refractivity contribution is 0.0697. The number of hydrogen-bond donors (Lipinski definition) is 2. The summed E-state index contributed by atoms with van der Waals surface area (Å²) < 4.78 is 11.4. The van der Waals surface area contributed by atoms with Crippen molar-refractivity contribution < 1.29 is 14.1 Å². The molecule has 0 saturated carbocycles. The fourth-order valence-corrected chi connectivity index (χ4v) is 1.78. The standard InChI is InChI=1S/C9H11BrN2O3S/c1-16(15)3-2-11-8-7(9(13)14)4-6(10)5-12-8/h4-5H,2-3H2,1H3,(H,11,12)(H,13,14). The Morgan fingerprint density at radius 3 is 2.94 bits per heavy atom. The third-order valence-corrected chi connectivity index (χ3v) is 2.98. The van der Waals surface area contributed by atoms with Gasteiger partial charge in [-0.3, -0.25) is 4.21 Å². The molecule has 1 unspecified atom stereocenters. The number of anilines is 1. The van der Waals surface area contributed by atoms with Crippen LogP contribution in [0.5, 0.6) is 0 Å². The number of carboxylic acids is 1. The van der Waals surface area contributed by atoms with Gasteiger partial charge in [-0.15, -0.1) is 0 Å². The van der Waals surface area contributed by atoms with Gasteiger partial charge in [0.1, 0.15) is 11.4 Å². The maximum absolute atomic E-state index is 10.9. The van der Waals surface area contributed by atoms with Gasteiger partial charge >= 0.3 is 5.97 Å². The molecule has 0 aliphatic heterocycles. The van der Waals surface area contributed by atoms with E-state index >= 15 is 0 Å². The van der Waals surface area contributed by atoms with Crippen molar-refractivity contribution in [2.45, 2.75) is 0 Å². The lowest BCUT2D eigenvalue weighted by Gasteiger charge is -2.07. The molecule has 88 valence electrons. The number of hydrogen-bond acceptors (Lipinski definition) is 4. The topological polar surface area (TPSA) is 79.3 Å². The molecule has 0 spiro atoms. The minimum atomic E-state index is -1.05. The third kappa shape index (κ3) is 3.90. The molecule has 0 fully saturated rings. The number of carbonyl (C=O) groups is 1. The van der Waals surface area contributed by atoms with Crippen molar-refractivity contribution in [1.29, 1.82) is 0 Å². The minimum absolute atomic E-state index is 0.0938. The number of pyridine rings is 1. The van der Waals surface area contributed by atoms with E-state index in [1.807, 2.05) is 0 Å². The van der Waals surface area contributed by atoms with Crippen LogP contribution < -0.4 is 5.32 Å². The summed E-state index contributed by atoms with van der Waals surface area (Å²) in [6, 6.07) is 1.47. The van der Waals surface area contributed by atoms with Crippen LogP contribution in [0.4, 0.5) is 5.82 Å². The Labute approximate surface area is 104 Å². The quantitative estimate of drug-likeness (QED) is 0.858. The van der Waals surface area contributed by atoms with Gasteiger partial charge in [-0.05, 0) is 22.0 Å². The average molecular weight is 307 g/mol. The van der Waals surface area contributed by atoms with Crippen molar-refractivity contribution in [1.82, 2.24) is 4.98 Å². The number of aromatic carboxylic acids is 1. The van der Waals surface area contributed by atoms with Gasteiger partial charge in [0, 0.05) is 40.0 Å². The van der Waals surface area contributed by atoms with E-state index in [2.05, 4.69) is 26.2 Å². The number of carboxylic acid groups (broad SMARTS) is 1. The lowest BCUT2D eigenvalue weighted by Crippen LogP contribution is -2.14. The van der Waals surface area contributed by atoms with E-state index in [0.29, 0.717) is 22.6 Å². The number of aromatic nitrogens is 1. The predicted molar refractivity (Wildman–Crippen MR) is 66.3 cm³/mol. The normalized spacial score (nSPS) is 12.1. The summed E-state index contributed by atoms with van der Waals surface area (Å²) >= 11 is 3.15. The molecule has 1 rings (SSSR count). The van der Waals surface area contributed by atoms with Gasteiger partial charge in [0.2, 0.25) is 0 Å². The van der Waals surface area contributed by atoms with Crippen molar-refractivity contribution >= 4 is 38.5 Å². The van der Waals surface area contributed by atoms with E-state index in [-0.39, 0.29) is 5.56 Å². The molecule has 1 atom stereocenters. The molecule has 2 N–H and O–H groups in total. The summed E-state index contributed by atoms with van der Waals surface area (Å²) in [5.41, 5.74) is 0.0938. The van der Waals surface area contributed by atoms with Crippen molar-refractivity contribution in [3.63, 3.8) is 0 Å². The van der Waals surface area contributed by atoms with Crippen LogP contribution in [0.25, 0.3) is 0 Å². The molecule has 0 saturated heterocycles. The monoisotopic (exact) mass is 306 g/mol. The first kappa shape index (κ1) is 13.1. The largest absolute Gasteiger partial charge is 0.478 e. The Morgan fingerprint density at radius 1 is 1.69 bits per heavy atom. The Kier molecular flexibility index (Phi) is 4.88. The molecule has 5 nitrogen and oxygen atoms in total. The van der Waals surface area contributed by atoms with Crippen LogP contribution in [0, 0.1) is 0 Å². The zero-order valence-corrected chi connectivity index (χ0v) is 11.0. The second kappa shape index (κ2) is 5.95. The van der Waals surface area contributed by atoms with Gasteiger partial charge in [0.15, 0.2) is 0 Å². The average Bonchev–Trinajstić information content (AvgIpc) is 2.19. The molecule has 0 bridgehead atoms. The number of nitrogens with one attached hydrogen (secondary N) is 1. The first-order valence-corrected chi connectivity index (χ1v) is 6.95. The molecule has 0 radical (unpaired) electrons. The third-order valence-electron chi connectivity index (χ3n) is 1.77. The molecule has 0 aliphatic carbocycles. The van der Waals surface area contributed by atoms with Crippen LogP contribution in [0.3, 0.4) is 0 Å². The Hall–Kier alpha value is -0.950. The lowest BCUT2D eigenvalue weighted by atomic mass is 10.2. The van der Waals surface area contributed by atoms with Crippen LogP contribution >= 0.6 is 15.9 Å². The molecule has 0 amide bonds. The summed E-state index contributed by atoms with van der Waals surface area (Å²) in [6.45, 7) is 0.429. The van der Waals surface area contributed by atoms with Gasteiger partial charge in [-0.1, -0.05) is 0 Å². The van der Waals surface area contributed by atoms with Crippen LogP contribution in [0.1, 0.15) is 10.4 Å². The van der Waals surface area contributed by atoms with E-state index < -0.39 is 16.8 Å². The fraction of sp³-hybridized carbons (Fsp3) is 0.333. The van der Waals surface area contributed by atoms with Crippen molar-refractivity contribution in [3.8, 4) is 0 Å². The molecule has 1 heterocycles. The van der Waals surface area contributed by atoms with Crippen LogP contribution in [0.15, 0.2) is 16.7 Å². The van der Waals surface area contributed by atoms with Crippen molar-refractivity contribution in [3.05, 3.63) is 22.3 Å². The van der Waals surface area contributed by atoms with E-state index in [4.69, 9.17) is 5.11 Å². The molecule has 16 heavy (non-hydrogen) atoms. The van der Waals surface area contributed by atoms with E-state index in [1.165, 1.54) is 12.3 Å². The zero-order valence-electron chi connectivity index (χ0n) is 8.57. The molecular formula is C9H11BrN2O3S. The highest BCUT2D eigenvalue weighted by Gasteiger charge is 2.11. The highest BCUT2D eigenvalue weighted by Crippen LogP contribution is 2.17. The number of halogens is 1. The maximum atomic E-state index is 10.9. The SMILES string of the molecule is CS(=O)CCNc1ncc(Br)cc1C(=O)O. The number of nitrogens with zero attached hydrogens (tertiary/aromatic N) is 1. The highest BCUT2D eigenvalue weighted by molar-refractivity contribution is 9.10. The highest BCUT2D eigenvalue weighted by atomic mass is 79.9. The molecule has 7 heteroatoms. The minimum Gasteiger partial charge on any atom is -0.478 e. The Balaban J connectivity index is 2.78. The predicted octanol–water partition coefficient (Wildman–Crippen LogP) is 1.33.